The van der Waals surface area contributed by atoms with E-state index in [0.717, 1.165) is 72.2 Å². The summed E-state index contributed by atoms with van der Waals surface area (Å²) in [5.41, 5.74) is 15.9. The lowest BCUT2D eigenvalue weighted by molar-refractivity contribution is 0.217. The molecule has 0 bridgehead atoms. The number of benzene rings is 8. The van der Waals surface area contributed by atoms with Crippen molar-refractivity contribution in [2.75, 3.05) is 4.90 Å². The summed E-state index contributed by atoms with van der Waals surface area (Å²) in [6, 6.07) is 56.0. The number of para-hydroxylation sites is 4. The molecule has 322 valence electrons. The molecule has 2 heterocycles. The summed E-state index contributed by atoms with van der Waals surface area (Å²) in [6.07, 6.45) is 19.1. The maximum atomic E-state index is 6.71. The number of hydrogen-bond acceptors (Lipinski definition) is 4. The molecular weight excluding hydrogens is 817 g/mol. The SMILES string of the molecule is CC1(C)c2ccccc2-c2cccc(-c3c4c(c(-c5cccc6ccccc56)c5cc(N6c7ccccc7Oc7ccccc76)ccc35)=CCC(N3C5=C(CCC=C5)OC5=C3CCC=C5)C=4)c21. The fourth-order valence-electron chi connectivity index (χ4n) is 12.3. The molecule has 2 aliphatic heterocycles. The minimum atomic E-state index is -0.222. The highest BCUT2D eigenvalue weighted by atomic mass is 16.5. The zero-order valence-electron chi connectivity index (χ0n) is 37.7. The van der Waals surface area contributed by atoms with Crippen molar-refractivity contribution < 1.29 is 9.47 Å². The molecule has 4 heteroatoms. The van der Waals surface area contributed by atoms with E-state index in [0.29, 0.717) is 0 Å². The van der Waals surface area contributed by atoms with Crippen molar-refractivity contribution in [2.24, 2.45) is 0 Å². The fraction of sp³-hybridized carbons (Fsp3) is 0.143. The summed E-state index contributed by atoms with van der Waals surface area (Å²) >= 11 is 0. The molecule has 0 saturated carbocycles. The zero-order valence-corrected chi connectivity index (χ0v) is 37.7. The molecule has 0 fully saturated rings. The van der Waals surface area contributed by atoms with Crippen LogP contribution >= 0.6 is 0 Å². The van der Waals surface area contributed by atoms with E-state index in [1.54, 1.807) is 0 Å². The quantitative estimate of drug-likeness (QED) is 0.176. The van der Waals surface area contributed by atoms with E-state index < -0.39 is 0 Å². The van der Waals surface area contributed by atoms with Gasteiger partial charge in [0.05, 0.1) is 28.8 Å². The van der Waals surface area contributed by atoms with Crippen LogP contribution in [0.1, 0.15) is 57.1 Å². The Balaban J connectivity index is 1.12. The van der Waals surface area contributed by atoms with Crippen LogP contribution in [0.15, 0.2) is 199 Å². The van der Waals surface area contributed by atoms with Gasteiger partial charge in [-0.1, -0.05) is 153 Å². The summed E-state index contributed by atoms with van der Waals surface area (Å²) in [7, 11) is 0. The van der Waals surface area contributed by atoms with E-state index in [9.17, 15) is 0 Å². The van der Waals surface area contributed by atoms with Gasteiger partial charge in [0.25, 0.3) is 0 Å². The van der Waals surface area contributed by atoms with Crippen molar-refractivity contribution in [2.45, 2.75) is 57.4 Å². The summed E-state index contributed by atoms with van der Waals surface area (Å²) in [5.74, 6) is 3.78. The molecule has 0 saturated heterocycles. The van der Waals surface area contributed by atoms with Crippen LogP contribution in [0.5, 0.6) is 11.5 Å². The summed E-state index contributed by atoms with van der Waals surface area (Å²) < 4.78 is 13.3. The second kappa shape index (κ2) is 14.6. The molecule has 0 spiro atoms. The number of rotatable bonds is 4. The first-order chi connectivity index (χ1) is 33.0. The number of anilines is 3. The van der Waals surface area contributed by atoms with Crippen LogP contribution in [0.25, 0.3) is 67.1 Å². The molecule has 14 rings (SSSR count). The molecule has 8 aromatic carbocycles. The Morgan fingerprint density at radius 3 is 2.13 bits per heavy atom. The average Bonchev–Trinajstić information content (AvgIpc) is 3.62. The molecule has 0 N–H and O–H groups in total. The zero-order chi connectivity index (χ0) is 44.4. The third-order valence-corrected chi connectivity index (χ3v) is 15.2. The molecule has 0 aromatic heterocycles. The van der Waals surface area contributed by atoms with E-state index in [-0.39, 0.29) is 11.5 Å². The third-order valence-electron chi connectivity index (χ3n) is 15.2. The van der Waals surface area contributed by atoms with Crippen molar-refractivity contribution in [1.29, 1.82) is 0 Å². The van der Waals surface area contributed by atoms with Gasteiger partial charge in [0.2, 0.25) is 0 Å². The minimum absolute atomic E-state index is 0.0832. The summed E-state index contributed by atoms with van der Waals surface area (Å²) in [5, 5.41) is 7.54. The van der Waals surface area contributed by atoms with Crippen LogP contribution in [-0.2, 0) is 10.2 Å². The maximum absolute atomic E-state index is 6.71. The standard InChI is InChI=1S/C63H48N2O2/c1-63(2)51-24-6-5-20-43(51)47-22-16-23-48(62(47)63)61-46-36-34-40(64-52-25-7-11-29-56(52)66-57-30-12-8-26-53(57)64)37-49(46)60(44-21-15-18-39-17-3-4-19-42(39)44)45-35-33-41(38-50(45)61)65-54-27-9-13-31-58(54)67-59-32-14-10-28-55(59)65/h3-9,11-12,14-27,29-30,32,34-38,41H,10,13,28,31,33H2,1-2H3. The van der Waals surface area contributed by atoms with Gasteiger partial charge < -0.3 is 19.3 Å². The molecule has 8 aromatic rings. The van der Waals surface area contributed by atoms with E-state index in [1.807, 2.05) is 0 Å². The van der Waals surface area contributed by atoms with Gasteiger partial charge in [-0.25, -0.2) is 0 Å². The highest BCUT2D eigenvalue weighted by molar-refractivity contribution is 6.12. The number of ether oxygens (including phenoxy) is 2. The first-order valence-electron chi connectivity index (χ1n) is 24.0. The number of hydrogen-bond donors (Lipinski definition) is 0. The average molecular weight is 865 g/mol. The fourth-order valence-corrected chi connectivity index (χ4v) is 12.3. The lowest BCUT2D eigenvalue weighted by atomic mass is 9.76. The van der Waals surface area contributed by atoms with Crippen molar-refractivity contribution in [3.05, 3.63) is 220 Å². The molecule has 4 aliphatic carbocycles. The molecule has 0 amide bonds. The minimum Gasteiger partial charge on any atom is -0.458 e. The van der Waals surface area contributed by atoms with Gasteiger partial charge in [0.15, 0.2) is 11.5 Å². The summed E-state index contributed by atoms with van der Waals surface area (Å²) in [6.45, 7) is 4.85. The lowest BCUT2D eigenvalue weighted by Gasteiger charge is -2.42. The first kappa shape index (κ1) is 38.4. The Labute approximate surface area is 391 Å². The first-order valence-corrected chi connectivity index (χ1v) is 24.0. The topological polar surface area (TPSA) is 24.9 Å². The molecule has 4 nitrogen and oxygen atoms in total. The normalized spacial score (nSPS) is 18.1. The Bertz CT molecular complexity index is 3680. The van der Waals surface area contributed by atoms with Gasteiger partial charge in [-0.3, -0.25) is 0 Å². The van der Waals surface area contributed by atoms with Gasteiger partial charge in [-0.15, -0.1) is 0 Å². The van der Waals surface area contributed by atoms with Crippen LogP contribution in [0, 0.1) is 0 Å². The van der Waals surface area contributed by atoms with E-state index in [4.69, 9.17) is 9.47 Å². The Hall–Kier alpha value is -7.82. The summed E-state index contributed by atoms with van der Waals surface area (Å²) in [4.78, 5) is 5.03. The van der Waals surface area contributed by atoms with Crippen LogP contribution < -0.4 is 20.1 Å². The van der Waals surface area contributed by atoms with Crippen molar-refractivity contribution in [3.63, 3.8) is 0 Å². The van der Waals surface area contributed by atoms with E-state index in [2.05, 4.69) is 212 Å². The maximum Gasteiger partial charge on any atom is 0.151 e. The molecular formula is C63H48N2O2. The van der Waals surface area contributed by atoms with Crippen molar-refractivity contribution >= 4 is 50.8 Å². The van der Waals surface area contributed by atoms with Crippen LogP contribution in [0.2, 0.25) is 0 Å². The van der Waals surface area contributed by atoms with Crippen LogP contribution in [-0.4, -0.2) is 10.9 Å². The van der Waals surface area contributed by atoms with Gasteiger partial charge in [0.1, 0.15) is 11.5 Å². The number of nitrogens with zero attached hydrogens (tertiary/aromatic N) is 2. The molecule has 0 radical (unpaired) electrons. The van der Waals surface area contributed by atoms with Gasteiger partial charge >= 0.3 is 0 Å². The smallest absolute Gasteiger partial charge is 0.151 e. The molecule has 1 unspecified atom stereocenters. The van der Waals surface area contributed by atoms with E-state index >= 15 is 0 Å². The highest BCUT2D eigenvalue weighted by Crippen LogP contribution is 2.54. The van der Waals surface area contributed by atoms with Crippen LogP contribution in [0.4, 0.5) is 17.1 Å². The Kier molecular flexibility index (Phi) is 8.37. The molecule has 6 aliphatic rings. The lowest BCUT2D eigenvalue weighted by Crippen LogP contribution is -2.43. The predicted molar refractivity (Wildman–Crippen MR) is 275 cm³/mol. The monoisotopic (exact) mass is 864 g/mol. The van der Waals surface area contributed by atoms with Crippen LogP contribution in [0.3, 0.4) is 0 Å². The molecule has 1 atom stereocenters. The Morgan fingerprint density at radius 2 is 1.25 bits per heavy atom. The number of allylic oxidation sites excluding steroid dienone is 6. The third kappa shape index (κ3) is 5.66. The second-order valence-electron chi connectivity index (χ2n) is 19.3. The van der Waals surface area contributed by atoms with E-state index in [1.165, 1.54) is 87.9 Å². The highest BCUT2D eigenvalue weighted by Gasteiger charge is 2.39. The van der Waals surface area contributed by atoms with Gasteiger partial charge in [-0.2, -0.15) is 0 Å². The van der Waals surface area contributed by atoms with Gasteiger partial charge in [0, 0.05) is 17.5 Å². The van der Waals surface area contributed by atoms with Crippen molar-refractivity contribution in [1.82, 2.24) is 4.90 Å². The number of fused-ring (bicyclic) bond motifs is 8. The predicted octanol–water partition coefficient (Wildman–Crippen LogP) is 15.0. The van der Waals surface area contributed by atoms with Crippen molar-refractivity contribution in [3.8, 4) is 44.9 Å². The molecule has 67 heavy (non-hydrogen) atoms. The Morgan fingerprint density at radius 1 is 0.567 bits per heavy atom. The second-order valence-corrected chi connectivity index (χ2v) is 19.3. The van der Waals surface area contributed by atoms with Gasteiger partial charge in [-0.05, 0) is 151 Å². The largest absolute Gasteiger partial charge is 0.458 e.